The summed E-state index contributed by atoms with van der Waals surface area (Å²) in [5.41, 5.74) is 2.72. The summed E-state index contributed by atoms with van der Waals surface area (Å²) in [6, 6.07) is 1.02. The van der Waals surface area contributed by atoms with Gasteiger partial charge in [0.2, 0.25) is 0 Å². The van der Waals surface area contributed by atoms with Gasteiger partial charge in [0.25, 0.3) is 5.95 Å². The van der Waals surface area contributed by atoms with E-state index in [0.29, 0.717) is 39.6 Å². The Balaban J connectivity index is 1.80. The van der Waals surface area contributed by atoms with E-state index in [-0.39, 0.29) is 16.9 Å². The maximum atomic E-state index is 13.7. The monoisotopic (exact) mass is 476 g/mol. The average Bonchev–Trinajstić information content (AvgIpc) is 3.36. The molecule has 12 heteroatoms. The maximum Gasteiger partial charge on any atom is 0.433 e. The van der Waals surface area contributed by atoms with Crippen LogP contribution in [0.15, 0.2) is 18.5 Å². The topological polar surface area (TPSA) is 79.2 Å². The van der Waals surface area contributed by atoms with Crippen molar-refractivity contribution in [1.29, 1.82) is 0 Å². The summed E-state index contributed by atoms with van der Waals surface area (Å²) in [5, 5.41) is 13.6. The third-order valence-electron chi connectivity index (χ3n) is 5.57. The molecule has 33 heavy (non-hydrogen) atoms. The zero-order chi connectivity index (χ0) is 23.7. The second-order valence-electron chi connectivity index (χ2n) is 8.28. The van der Waals surface area contributed by atoms with Crippen molar-refractivity contribution < 1.29 is 13.2 Å². The van der Waals surface area contributed by atoms with E-state index < -0.39 is 11.9 Å². The SMILES string of the molecule is Cc1nn(C)cc1-c1nn(-c2nc(C3CC3)cc(C(F)(F)F)n2)c(-c2cn(C)nc2C)c1Cl. The van der Waals surface area contributed by atoms with Crippen LogP contribution >= 0.6 is 11.6 Å². The summed E-state index contributed by atoms with van der Waals surface area (Å²) in [4.78, 5) is 8.30. The number of nitrogens with zero attached hydrogens (tertiary/aromatic N) is 8. The molecule has 0 N–H and O–H groups in total. The molecule has 1 fully saturated rings. The van der Waals surface area contributed by atoms with Gasteiger partial charge in [0.05, 0.1) is 16.4 Å². The Kier molecular flexibility index (Phi) is 4.85. The van der Waals surface area contributed by atoms with Crippen LogP contribution in [-0.2, 0) is 20.3 Å². The van der Waals surface area contributed by atoms with Crippen molar-refractivity contribution in [2.24, 2.45) is 14.1 Å². The Labute approximate surface area is 192 Å². The second-order valence-corrected chi connectivity index (χ2v) is 8.65. The molecule has 8 nitrogen and oxygen atoms in total. The van der Waals surface area contributed by atoms with Crippen LogP contribution in [0.1, 0.15) is 41.5 Å². The lowest BCUT2D eigenvalue weighted by Gasteiger charge is -2.12. The Morgan fingerprint density at radius 2 is 1.55 bits per heavy atom. The predicted molar refractivity (Wildman–Crippen MR) is 115 cm³/mol. The molecule has 0 amide bonds. The van der Waals surface area contributed by atoms with Crippen molar-refractivity contribution in [3.63, 3.8) is 0 Å². The fraction of sp³-hybridized carbons (Fsp3) is 0.381. The Bertz CT molecular complexity index is 1380. The highest BCUT2D eigenvalue weighted by Gasteiger charge is 2.37. The first-order chi connectivity index (χ1) is 15.5. The van der Waals surface area contributed by atoms with E-state index in [0.717, 1.165) is 18.9 Å². The molecule has 4 aromatic heterocycles. The van der Waals surface area contributed by atoms with Gasteiger partial charge in [-0.1, -0.05) is 11.6 Å². The molecule has 1 aliphatic carbocycles. The van der Waals surface area contributed by atoms with Crippen LogP contribution in [0.25, 0.3) is 28.5 Å². The number of aryl methyl sites for hydroxylation is 4. The van der Waals surface area contributed by atoms with E-state index in [4.69, 9.17) is 11.6 Å². The third kappa shape index (κ3) is 3.79. The standard InChI is InChI=1S/C21H20ClF3N8/c1-10-13(8-31(3)28-10)18-17(22)19(14-9-32(4)29-11(14)2)33(30-18)20-26-15(12-5-6-12)7-16(27-20)21(23,24)25/h7-9,12H,5-6H2,1-4H3. The number of halogens is 4. The smallest absolute Gasteiger partial charge is 0.275 e. The summed E-state index contributed by atoms with van der Waals surface area (Å²) in [6.45, 7) is 3.60. The molecule has 172 valence electrons. The molecule has 1 aliphatic rings. The van der Waals surface area contributed by atoms with Crippen LogP contribution in [0.5, 0.6) is 0 Å². The first kappa shape index (κ1) is 21.6. The summed E-state index contributed by atoms with van der Waals surface area (Å²) >= 11 is 6.82. The summed E-state index contributed by atoms with van der Waals surface area (Å²) in [7, 11) is 3.52. The highest BCUT2D eigenvalue weighted by atomic mass is 35.5. The molecule has 0 saturated heterocycles. The highest BCUT2D eigenvalue weighted by molar-refractivity contribution is 6.35. The van der Waals surface area contributed by atoms with Gasteiger partial charge in [-0.05, 0) is 32.8 Å². The van der Waals surface area contributed by atoms with Crippen molar-refractivity contribution >= 4 is 11.6 Å². The Morgan fingerprint density at radius 1 is 0.939 bits per heavy atom. The first-order valence-electron chi connectivity index (χ1n) is 10.3. The molecule has 0 aliphatic heterocycles. The molecule has 5 rings (SSSR count). The maximum absolute atomic E-state index is 13.7. The molecule has 0 aromatic carbocycles. The zero-order valence-corrected chi connectivity index (χ0v) is 19.1. The van der Waals surface area contributed by atoms with Crippen molar-refractivity contribution in [2.75, 3.05) is 0 Å². The quantitative estimate of drug-likeness (QED) is 0.429. The van der Waals surface area contributed by atoms with Crippen LogP contribution in [0.3, 0.4) is 0 Å². The molecule has 0 spiro atoms. The van der Waals surface area contributed by atoms with E-state index in [1.807, 2.05) is 6.92 Å². The first-order valence-corrected chi connectivity index (χ1v) is 10.7. The molecular weight excluding hydrogens is 457 g/mol. The summed E-state index contributed by atoms with van der Waals surface area (Å²) in [5.74, 6) is -0.192. The van der Waals surface area contributed by atoms with Gasteiger partial charge in [-0.2, -0.15) is 33.1 Å². The lowest BCUT2D eigenvalue weighted by molar-refractivity contribution is -0.141. The molecule has 1 saturated carbocycles. The van der Waals surface area contributed by atoms with Crippen molar-refractivity contribution in [1.82, 2.24) is 39.3 Å². The van der Waals surface area contributed by atoms with Gasteiger partial charge in [0.1, 0.15) is 17.1 Å². The zero-order valence-electron chi connectivity index (χ0n) is 18.3. The van der Waals surface area contributed by atoms with E-state index in [2.05, 4.69) is 25.3 Å². The van der Waals surface area contributed by atoms with Gasteiger partial charge in [0, 0.05) is 49.2 Å². The van der Waals surface area contributed by atoms with Gasteiger partial charge in [0.15, 0.2) is 0 Å². The van der Waals surface area contributed by atoms with E-state index in [1.165, 1.54) is 4.68 Å². The largest absolute Gasteiger partial charge is 0.433 e. The number of hydrogen-bond acceptors (Lipinski definition) is 5. The molecule has 0 bridgehead atoms. The molecule has 0 radical (unpaired) electrons. The van der Waals surface area contributed by atoms with Crippen molar-refractivity contribution in [3.8, 4) is 28.5 Å². The summed E-state index contributed by atoms with van der Waals surface area (Å²) in [6.07, 6.45) is 0.469. The minimum Gasteiger partial charge on any atom is -0.275 e. The average molecular weight is 477 g/mol. The minimum absolute atomic E-state index is 0.0116. The Morgan fingerprint density at radius 3 is 2.06 bits per heavy atom. The van der Waals surface area contributed by atoms with Crippen LogP contribution < -0.4 is 0 Å². The lowest BCUT2D eigenvalue weighted by atomic mass is 10.1. The van der Waals surface area contributed by atoms with Gasteiger partial charge in [-0.3, -0.25) is 9.36 Å². The van der Waals surface area contributed by atoms with Crippen molar-refractivity contribution in [2.45, 2.75) is 38.8 Å². The number of hydrogen-bond donors (Lipinski definition) is 0. The van der Waals surface area contributed by atoms with E-state index in [9.17, 15) is 13.2 Å². The predicted octanol–water partition coefficient (Wildman–Crippen LogP) is 4.63. The molecule has 0 unspecified atom stereocenters. The van der Waals surface area contributed by atoms with Crippen LogP contribution in [0.2, 0.25) is 5.02 Å². The highest BCUT2D eigenvalue weighted by Crippen LogP contribution is 2.43. The van der Waals surface area contributed by atoms with Crippen molar-refractivity contribution in [3.05, 3.63) is 46.3 Å². The third-order valence-corrected chi connectivity index (χ3v) is 5.93. The lowest BCUT2D eigenvalue weighted by Crippen LogP contribution is -2.15. The fourth-order valence-corrected chi connectivity index (χ4v) is 4.21. The van der Waals surface area contributed by atoms with Gasteiger partial charge < -0.3 is 0 Å². The normalized spacial score (nSPS) is 14.3. The minimum atomic E-state index is -4.62. The molecular formula is C21H20ClF3N8. The van der Waals surface area contributed by atoms with Crippen LogP contribution in [-0.4, -0.2) is 39.3 Å². The Hall–Kier alpha value is -3.21. The van der Waals surface area contributed by atoms with Crippen LogP contribution in [0, 0.1) is 13.8 Å². The van der Waals surface area contributed by atoms with Gasteiger partial charge in [-0.25, -0.2) is 9.97 Å². The van der Waals surface area contributed by atoms with Gasteiger partial charge in [-0.15, -0.1) is 0 Å². The fourth-order valence-electron chi connectivity index (χ4n) is 3.89. The van der Waals surface area contributed by atoms with Crippen LogP contribution in [0.4, 0.5) is 13.2 Å². The molecule has 4 aromatic rings. The van der Waals surface area contributed by atoms with E-state index >= 15 is 0 Å². The number of alkyl halides is 3. The molecule has 4 heterocycles. The van der Waals surface area contributed by atoms with Gasteiger partial charge >= 0.3 is 6.18 Å². The molecule has 0 atom stereocenters. The number of aromatic nitrogens is 8. The second kappa shape index (κ2) is 7.41. The number of rotatable bonds is 4. The van der Waals surface area contributed by atoms with E-state index in [1.54, 1.807) is 42.8 Å². The summed E-state index contributed by atoms with van der Waals surface area (Å²) < 4.78 is 45.5.